The Morgan fingerprint density at radius 2 is 2.05 bits per heavy atom. The maximum atomic E-state index is 13.1. The van der Waals surface area contributed by atoms with Gasteiger partial charge in [0.25, 0.3) is 0 Å². The van der Waals surface area contributed by atoms with Crippen LogP contribution < -0.4 is 5.32 Å². The molecule has 0 radical (unpaired) electrons. The molecular formula is C16H15ClFN. The first kappa shape index (κ1) is 12.5. The van der Waals surface area contributed by atoms with Gasteiger partial charge in [-0.15, -0.1) is 0 Å². The van der Waals surface area contributed by atoms with Crippen LogP contribution in [0.25, 0.3) is 0 Å². The highest BCUT2D eigenvalue weighted by Gasteiger charge is 2.17. The summed E-state index contributed by atoms with van der Waals surface area (Å²) in [6.07, 6.45) is 3.04. The summed E-state index contributed by atoms with van der Waals surface area (Å²) in [6.45, 7) is 0. The number of anilines is 1. The van der Waals surface area contributed by atoms with Crippen LogP contribution in [-0.4, -0.2) is 6.04 Å². The summed E-state index contributed by atoms with van der Waals surface area (Å²) in [6, 6.07) is 13.7. The molecular weight excluding hydrogens is 261 g/mol. The summed E-state index contributed by atoms with van der Waals surface area (Å²) in [7, 11) is 0. The smallest absolute Gasteiger partial charge is 0.141 e. The molecule has 1 unspecified atom stereocenters. The summed E-state index contributed by atoms with van der Waals surface area (Å²) in [5, 5.41) is 3.75. The van der Waals surface area contributed by atoms with Crippen molar-refractivity contribution in [2.75, 3.05) is 5.32 Å². The molecule has 1 aliphatic rings. The van der Waals surface area contributed by atoms with Crippen LogP contribution in [0.5, 0.6) is 0 Å². The quantitative estimate of drug-likeness (QED) is 0.854. The lowest BCUT2D eigenvalue weighted by Gasteiger charge is -2.27. The average Bonchev–Trinajstić information content (AvgIpc) is 2.43. The van der Waals surface area contributed by atoms with Gasteiger partial charge in [-0.2, -0.15) is 0 Å². The van der Waals surface area contributed by atoms with Gasteiger partial charge >= 0.3 is 0 Å². The molecule has 1 N–H and O–H groups in total. The minimum atomic E-state index is -0.354. The normalized spacial score (nSPS) is 17.7. The summed E-state index contributed by atoms with van der Waals surface area (Å²) in [5.74, 6) is -0.354. The predicted octanol–water partition coefficient (Wildman–Crippen LogP) is 4.45. The van der Waals surface area contributed by atoms with E-state index in [1.807, 2.05) is 12.1 Å². The zero-order valence-corrected chi connectivity index (χ0v) is 11.3. The standard InChI is InChI=1S/C16H15ClFN/c17-14-10-11(5-8-15(14)18)9-13-7-6-12-3-1-2-4-16(12)19-13/h1-5,8,10,13,19H,6-7,9H2. The van der Waals surface area contributed by atoms with E-state index in [1.165, 1.54) is 17.3 Å². The maximum absolute atomic E-state index is 13.1. The second kappa shape index (κ2) is 5.22. The fraction of sp³-hybridized carbons (Fsp3) is 0.250. The van der Waals surface area contributed by atoms with Crippen LogP contribution in [0.15, 0.2) is 42.5 Å². The van der Waals surface area contributed by atoms with Crippen molar-refractivity contribution in [3.05, 3.63) is 64.4 Å². The van der Waals surface area contributed by atoms with Crippen LogP contribution >= 0.6 is 11.6 Å². The Balaban J connectivity index is 1.73. The van der Waals surface area contributed by atoms with Crippen molar-refractivity contribution in [1.82, 2.24) is 0 Å². The van der Waals surface area contributed by atoms with Crippen molar-refractivity contribution in [3.63, 3.8) is 0 Å². The molecule has 98 valence electrons. The summed E-state index contributed by atoms with van der Waals surface area (Å²) in [4.78, 5) is 0. The molecule has 2 aromatic carbocycles. The monoisotopic (exact) mass is 275 g/mol. The fourth-order valence-corrected chi connectivity index (χ4v) is 2.81. The number of hydrogen-bond acceptors (Lipinski definition) is 1. The van der Waals surface area contributed by atoms with Crippen LogP contribution in [0.2, 0.25) is 5.02 Å². The van der Waals surface area contributed by atoms with Gasteiger partial charge in [-0.1, -0.05) is 35.9 Å². The Kier molecular flexibility index (Phi) is 3.43. The van der Waals surface area contributed by atoms with E-state index in [9.17, 15) is 4.39 Å². The third kappa shape index (κ3) is 2.74. The molecule has 1 aliphatic heterocycles. The molecule has 0 bridgehead atoms. The maximum Gasteiger partial charge on any atom is 0.141 e. The van der Waals surface area contributed by atoms with Crippen molar-refractivity contribution in [2.45, 2.75) is 25.3 Å². The first-order chi connectivity index (χ1) is 9.22. The molecule has 1 heterocycles. The van der Waals surface area contributed by atoms with E-state index in [4.69, 9.17) is 11.6 Å². The summed E-state index contributed by atoms with van der Waals surface area (Å²) in [5.41, 5.74) is 3.66. The average molecular weight is 276 g/mol. The van der Waals surface area contributed by atoms with Crippen molar-refractivity contribution < 1.29 is 4.39 Å². The largest absolute Gasteiger partial charge is 0.382 e. The molecule has 1 atom stereocenters. The molecule has 0 saturated heterocycles. The SMILES string of the molecule is Fc1ccc(CC2CCc3ccccc3N2)cc1Cl. The lowest BCUT2D eigenvalue weighted by Crippen LogP contribution is -2.27. The lowest BCUT2D eigenvalue weighted by molar-refractivity contribution is 0.617. The number of rotatable bonds is 2. The van der Waals surface area contributed by atoms with Crippen LogP contribution in [-0.2, 0) is 12.8 Å². The third-order valence-corrected chi connectivity index (χ3v) is 3.89. The molecule has 19 heavy (non-hydrogen) atoms. The second-order valence-electron chi connectivity index (χ2n) is 4.99. The molecule has 2 aromatic rings. The van der Waals surface area contributed by atoms with Crippen LogP contribution in [0.4, 0.5) is 10.1 Å². The number of para-hydroxylation sites is 1. The van der Waals surface area contributed by atoms with Crippen LogP contribution in [0.1, 0.15) is 17.5 Å². The minimum absolute atomic E-state index is 0.203. The Morgan fingerprint density at radius 1 is 1.21 bits per heavy atom. The minimum Gasteiger partial charge on any atom is -0.382 e. The topological polar surface area (TPSA) is 12.0 Å². The molecule has 0 fully saturated rings. The van der Waals surface area contributed by atoms with Crippen LogP contribution in [0, 0.1) is 5.82 Å². The number of fused-ring (bicyclic) bond motifs is 1. The third-order valence-electron chi connectivity index (χ3n) is 3.61. The molecule has 0 aliphatic carbocycles. The van der Waals surface area contributed by atoms with Gasteiger partial charge < -0.3 is 5.32 Å². The molecule has 3 rings (SSSR count). The number of benzene rings is 2. The zero-order chi connectivity index (χ0) is 13.2. The number of nitrogens with one attached hydrogen (secondary N) is 1. The highest BCUT2D eigenvalue weighted by atomic mass is 35.5. The number of halogens is 2. The molecule has 0 saturated carbocycles. The van der Waals surface area contributed by atoms with E-state index in [2.05, 4.69) is 23.5 Å². The van der Waals surface area contributed by atoms with Gasteiger partial charge in [0.2, 0.25) is 0 Å². The number of aryl methyl sites for hydroxylation is 1. The van der Waals surface area contributed by atoms with Gasteiger partial charge in [-0.25, -0.2) is 4.39 Å². The fourth-order valence-electron chi connectivity index (χ4n) is 2.61. The number of hydrogen-bond donors (Lipinski definition) is 1. The van der Waals surface area contributed by atoms with Crippen molar-refractivity contribution >= 4 is 17.3 Å². The van der Waals surface area contributed by atoms with Crippen molar-refractivity contribution in [1.29, 1.82) is 0 Å². The van der Waals surface area contributed by atoms with Crippen molar-refractivity contribution in [2.24, 2.45) is 0 Å². The van der Waals surface area contributed by atoms with Gasteiger partial charge in [-0.3, -0.25) is 0 Å². The Hall–Kier alpha value is -1.54. The van der Waals surface area contributed by atoms with E-state index in [1.54, 1.807) is 6.07 Å². The Morgan fingerprint density at radius 3 is 2.89 bits per heavy atom. The highest BCUT2D eigenvalue weighted by molar-refractivity contribution is 6.30. The van der Waals surface area contributed by atoms with Crippen LogP contribution in [0.3, 0.4) is 0 Å². The Labute approximate surface area is 117 Å². The van der Waals surface area contributed by atoms with Gasteiger partial charge in [0.15, 0.2) is 0 Å². The Bertz CT molecular complexity index is 597. The summed E-state index contributed by atoms with van der Waals surface area (Å²) >= 11 is 5.82. The van der Waals surface area contributed by atoms with E-state index in [-0.39, 0.29) is 10.8 Å². The van der Waals surface area contributed by atoms with E-state index < -0.39 is 0 Å². The van der Waals surface area contributed by atoms with E-state index >= 15 is 0 Å². The zero-order valence-electron chi connectivity index (χ0n) is 10.5. The summed E-state index contributed by atoms with van der Waals surface area (Å²) < 4.78 is 13.1. The lowest BCUT2D eigenvalue weighted by atomic mass is 9.94. The highest BCUT2D eigenvalue weighted by Crippen LogP contribution is 2.26. The second-order valence-corrected chi connectivity index (χ2v) is 5.40. The van der Waals surface area contributed by atoms with Crippen molar-refractivity contribution in [3.8, 4) is 0 Å². The molecule has 0 aromatic heterocycles. The first-order valence-corrected chi connectivity index (χ1v) is 6.88. The van der Waals surface area contributed by atoms with Gasteiger partial charge in [0.1, 0.15) is 5.82 Å². The van der Waals surface area contributed by atoms with Gasteiger partial charge in [0.05, 0.1) is 5.02 Å². The predicted molar refractivity (Wildman–Crippen MR) is 77.3 cm³/mol. The molecule has 0 amide bonds. The van der Waals surface area contributed by atoms with E-state index in [0.717, 1.165) is 24.8 Å². The van der Waals surface area contributed by atoms with E-state index in [0.29, 0.717) is 6.04 Å². The molecule has 1 nitrogen and oxygen atoms in total. The van der Waals surface area contributed by atoms with Gasteiger partial charge in [0, 0.05) is 11.7 Å². The first-order valence-electron chi connectivity index (χ1n) is 6.51. The molecule has 0 spiro atoms. The van der Waals surface area contributed by atoms with Gasteiger partial charge in [-0.05, 0) is 48.6 Å². The molecule has 3 heteroatoms.